The molecule has 2 aromatic carbocycles. The maximum absolute atomic E-state index is 13.3. The van der Waals surface area contributed by atoms with Gasteiger partial charge in [-0.25, -0.2) is 4.39 Å². The molecule has 1 amide bonds. The second kappa shape index (κ2) is 9.68. The van der Waals surface area contributed by atoms with Crippen LogP contribution in [-0.2, 0) is 16.1 Å². The van der Waals surface area contributed by atoms with E-state index in [9.17, 15) is 19.1 Å². The van der Waals surface area contributed by atoms with Gasteiger partial charge in [-0.2, -0.15) is 0 Å². The standard InChI is InChI=1S/C20H22FNO4/c21-17-9-4-8-16(12-17)18(23)13-19(24)22(11-5-10-20(25)26)14-15-6-2-1-3-7-15/h1-4,6-9,12,18,23H,5,10-11,13-14H2,(H,25,26). The monoisotopic (exact) mass is 359 g/mol. The molecule has 0 spiro atoms. The number of halogens is 1. The highest BCUT2D eigenvalue weighted by atomic mass is 19.1. The summed E-state index contributed by atoms with van der Waals surface area (Å²) in [4.78, 5) is 24.9. The molecule has 0 heterocycles. The number of hydrogen-bond acceptors (Lipinski definition) is 3. The van der Waals surface area contributed by atoms with Crippen molar-refractivity contribution in [3.63, 3.8) is 0 Å². The van der Waals surface area contributed by atoms with E-state index in [1.807, 2.05) is 30.3 Å². The van der Waals surface area contributed by atoms with Crippen molar-refractivity contribution in [2.45, 2.75) is 31.9 Å². The normalized spacial score (nSPS) is 11.8. The summed E-state index contributed by atoms with van der Waals surface area (Å²) >= 11 is 0. The maximum atomic E-state index is 13.3. The van der Waals surface area contributed by atoms with Gasteiger partial charge in [0.15, 0.2) is 0 Å². The molecule has 0 saturated heterocycles. The average molecular weight is 359 g/mol. The molecule has 2 rings (SSSR count). The van der Waals surface area contributed by atoms with Gasteiger partial charge in [-0.15, -0.1) is 0 Å². The number of aliphatic hydroxyl groups is 1. The van der Waals surface area contributed by atoms with Gasteiger partial charge < -0.3 is 15.1 Å². The molecule has 26 heavy (non-hydrogen) atoms. The highest BCUT2D eigenvalue weighted by molar-refractivity contribution is 5.77. The number of carboxylic acids is 1. The van der Waals surface area contributed by atoms with Gasteiger partial charge in [-0.3, -0.25) is 9.59 Å². The highest BCUT2D eigenvalue weighted by Crippen LogP contribution is 2.19. The van der Waals surface area contributed by atoms with E-state index in [0.717, 1.165) is 5.56 Å². The number of carbonyl (C=O) groups is 2. The molecule has 2 N–H and O–H groups in total. The molecule has 138 valence electrons. The first-order chi connectivity index (χ1) is 12.5. The fraction of sp³-hybridized carbons (Fsp3) is 0.300. The summed E-state index contributed by atoms with van der Waals surface area (Å²) in [6.45, 7) is 0.602. The highest BCUT2D eigenvalue weighted by Gasteiger charge is 2.19. The van der Waals surface area contributed by atoms with Crippen molar-refractivity contribution in [1.29, 1.82) is 0 Å². The van der Waals surface area contributed by atoms with Crippen LogP contribution in [0.1, 0.15) is 36.5 Å². The quantitative estimate of drug-likeness (QED) is 0.721. The fourth-order valence-corrected chi connectivity index (χ4v) is 2.64. The van der Waals surface area contributed by atoms with Crippen molar-refractivity contribution in [3.05, 3.63) is 71.5 Å². The Morgan fingerprint density at radius 1 is 1.08 bits per heavy atom. The Balaban J connectivity index is 2.04. The second-order valence-corrected chi connectivity index (χ2v) is 6.07. The first kappa shape index (κ1) is 19.6. The van der Waals surface area contributed by atoms with E-state index in [1.54, 1.807) is 6.07 Å². The molecule has 0 fully saturated rings. The summed E-state index contributed by atoms with van der Waals surface area (Å²) in [7, 11) is 0. The fourth-order valence-electron chi connectivity index (χ4n) is 2.64. The Morgan fingerprint density at radius 3 is 2.46 bits per heavy atom. The molecule has 0 bridgehead atoms. The average Bonchev–Trinajstić information content (AvgIpc) is 2.61. The van der Waals surface area contributed by atoms with Crippen LogP contribution in [0.4, 0.5) is 4.39 Å². The third-order valence-corrected chi connectivity index (χ3v) is 3.99. The van der Waals surface area contributed by atoms with Crippen molar-refractivity contribution in [2.24, 2.45) is 0 Å². The van der Waals surface area contributed by atoms with Gasteiger partial charge in [0.2, 0.25) is 5.91 Å². The molecule has 6 heteroatoms. The van der Waals surface area contributed by atoms with E-state index >= 15 is 0 Å². The predicted molar refractivity (Wildman–Crippen MR) is 94.7 cm³/mol. The summed E-state index contributed by atoms with van der Waals surface area (Å²) in [5, 5.41) is 19.0. The number of benzene rings is 2. The third-order valence-electron chi connectivity index (χ3n) is 3.99. The van der Waals surface area contributed by atoms with Crippen molar-refractivity contribution in [2.75, 3.05) is 6.54 Å². The van der Waals surface area contributed by atoms with Crippen LogP contribution in [0.15, 0.2) is 54.6 Å². The number of aliphatic hydroxyl groups excluding tert-OH is 1. The third kappa shape index (κ3) is 6.29. The smallest absolute Gasteiger partial charge is 0.303 e. The number of hydrogen-bond donors (Lipinski definition) is 2. The molecule has 2 aromatic rings. The maximum Gasteiger partial charge on any atom is 0.303 e. The van der Waals surface area contributed by atoms with Crippen LogP contribution in [-0.4, -0.2) is 33.5 Å². The molecule has 1 atom stereocenters. The van der Waals surface area contributed by atoms with Gasteiger partial charge in [-0.1, -0.05) is 42.5 Å². The minimum atomic E-state index is -1.11. The molecule has 0 aromatic heterocycles. The van der Waals surface area contributed by atoms with Gasteiger partial charge in [0, 0.05) is 19.5 Å². The largest absolute Gasteiger partial charge is 0.481 e. The van der Waals surface area contributed by atoms with E-state index in [0.29, 0.717) is 18.5 Å². The number of carbonyl (C=O) groups excluding carboxylic acids is 1. The summed E-state index contributed by atoms with van der Waals surface area (Å²) in [6, 6.07) is 14.8. The van der Waals surface area contributed by atoms with E-state index in [2.05, 4.69) is 0 Å². The molecule has 5 nitrogen and oxygen atoms in total. The zero-order valence-corrected chi connectivity index (χ0v) is 14.3. The number of aliphatic carboxylic acids is 1. The number of nitrogens with zero attached hydrogens (tertiary/aromatic N) is 1. The van der Waals surface area contributed by atoms with Gasteiger partial charge in [-0.05, 0) is 29.7 Å². The van der Waals surface area contributed by atoms with Crippen LogP contribution in [0.5, 0.6) is 0 Å². The van der Waals surface area contributed by atoms with Crippen LogP contribution in [0, 0.1) is 5.82 Å². The van der Waals surface area contributed by atoms with Crippen molar-refractivity contribution in [1.82, 2.24) is 4.90 Å². The van der Waals surface area contributed by atoms with Gasteiger partial charge in [0.1, 0.15) is 5.82 Å². The lowest BCUT2D eigenvalue weighted by molar-refractivity contribution is -0.138. The van der Waals surface area contributed by atoms with Crippen LogP contribution < -0.4 is 0 Å². The van der Waals surface area contributed by atoms with E-state index < -0.39 is 17.9 Å². The van der Waals surface area contributed by atoms with Crippen LogP contribution in [0.2, 0.25) is 0 Å². The number of rotatable bonds is 9. The Bertz CT molecular complexity index is 736. The molecule has 0 radical (unpaired) electrons. The molecule has 0 aliphatic carbocycles. The second-order valence-electron chi connectivity index (χ2n) is 6.07. The Morgan fingerprint density at radius 2 is 1.81 bits per heavy atom. The Hall–Kier alpha value is -2.73. The lowest BCUT2D eigenvalue weighted by Crippen LogP contribution is -2.32. The Labute approximate surface area is 151 Å². The molecule has 0 aliphatic rings. The van der Waals surface area contributed by atoms with Crippen molar-refractivity contribution < 1.29 is 24.2 Å². The number of amides is 1. The summed E-state index contributed by atoms with van der Waals surface area (Å²) in [6.07, 6.45) is -1.02. The first-order valence-electron chi connectivity index (χ1n) is 8.42. The summed E-state index contributed by atoms with van der Waals surface area (Å²) in [5.41, 5.74) is 1.25. The summed E-state index contributed by atoms with van der Waals surface area (Å²) in [5.74, 6) is -1.70. The molecular formula is C20H22FNO4. The lowest BCUT2D eigenvalue weighted by atomic mass is 10.1. The van der Waals surface area contributed by atoms with E-state index in [4.69, 9.17) is 5.11 Å². The number of carboxylic acid groups (broad SMARTS) is 1. The molecule has 0 saturated carbocycles. The van der Waals surface area contributed by atoms with Gasteiger partial charge in [0.05, 0.1) is 12.5 Å². The first-order valence-corrected chi connectivity index (χ1v) is 8.42. The van der Waals surface area contributed by atoms with Crippen LogP contribution in [0.3, 0.4) is 0 Å². The topological polar surface area (TPSA) is 77.8 Å². The zero-order chi connectivity index (χ0) is 18.9. The van der Waals surface area contributed by atoms with Gasteiger partial charge in [0.25, 0.3) is 0 Å². The summed E-state index contributed by atoms with van der Waals surface area (Å²) < 4.78 is 13.3. The lowest BCUT2D eigenvalue weighted by Gasteiger charge is -2.24. The van der Waals surface area contributed by atoms with Crippen molar-refractivity contribution in [3.8, 4) is 0 Å². The Kier molecular flexibility index (Phi) is 7.29. The van der Waals surface area contributed by atoms with E-state index in [-0.39, 0.29) is 25.3 Å². The minimum Gasteiger partial charge on any atom is -0.481 e. The van der Waals surface area contributed by atoms with Crippen LogP contribution >= 0.6 is 0 Å². The van der Waals surface area contributed by atoms with Gasteiger partial charge >= 0.3 is 5.97 Å². The molecular weight excluding hydrogens is 337 g/mol. The predicted octanol–water partition coefficient (Wildman–Crippen LogP) is 3.14. The molecule has 1 unspecified atom stereocenters. The van der Waals surface area contributed by atoms with Crippen LogP contribution in [0.25, 0.3) is 0 Å². The van der Waals surface area contributed by atoms with Crippen molar-refractivity contribution >= 4 is 11.9 Å². The zero-order valence-electron chi connectivity index (χ0n) is 14.3. The molecule has 0 aliphatic heterocycles. The van der Waals surface area contributed by atoms with E-state index in [1.165, 1.54) is 23.1 Å². The minimum absolute atomic E-state index is 0.0367. The SMILES string of the molecule is O=C(O)CCCN(Cc1ccccc1)C(=O)CC(O)c1cccc(F)c1.